The van der Waals surface area contributed by atoms with Crippen LogP contribution < -0.4 is 9.64 Å². The van der Waals surface area contributed by atoms with Crippen molar-refractivity contribution in [3.63, 3.8) is 0 Å². The highest BCUT2D eigenvalue weighted by Gasteiger charge is 2.33. The highest BCUT2D eigenvalue weighted by atomic mass is 79.9. The maximum absolute atomic E-state index is 12.4. The second-order valence-electron chi connectivity index (χ2n) is 4.89. The first-order valence-corrected chi connectivity index (χ1v) is 7.26. The highest BCUT2D eigenvalue weighted by Crippen LogP contribution is 2.34. The Balaban J connectivity index is 2.04. The van der Waals surface area contributed by atoms with Crippen molar-refractivity contribution in [3.8, 4) is 5.75 Å². The number of anilines is 1. The quantitative estimate of drug-likeness (QED) is 0.768. The second kappa shape index (κ2) is 5.10. The number of rotatable bonds is 2. The van der Waals surface area contributed by atoms with Crippen LogP contribution in [0.2, 0.25) is 0 Å². The number of pyridine rings is 1. The zero-order chi connectivity index (χ0) is 15.1. The molecule has 0 unspecified atom stereocenters. The summed E-state index contributed by atoms with van der Waals surface area (Å²) in [6, 6.07) is 3.59. The number of carbonyl (C=O) groups excluding carboxylic acids is 1. The van der Waals surface area contributed by atoms with E-state index in [-0.39, 0.29) is 5.91 Å². The van der Waals surface area contributed by atoms with Crippen LogP contribution in [-0.2, 0) is 18.4 Å². The van der Waals surface area contributed by atoms with E-state index < -0.39 is 6.10 Å². The zero-order valence-corrected chi connectivity index (χ0v) is 13.5. The molecule has 2 aromatic heterocycles. The standard InChI is InChI=1S/C13H14BrN5O2/c1-7-9(18(3)17-16-7)6-19-12-10(4-5-11(14)15-12)21-8(2)13(19)20/h4-5,8H,6H2,1-3H3/t8-/m1/s1. The molecule has 1 amide bonds. The SMILES string of the molecule is Cc1nnn(C)c1CN1C(=O)[C@@H](C)Oc2ccc(Br)nc21. The lowest BCUT2D eigenvalue weighted by molar-refractivity contribution is -0.125. The summed E-state index contributed by atoms with van der Waals surface area (Å²) in [5, 5.41) is 7.98. The second-order valence-corrected chi connectivity index (χ2v) is 5.70. The summed E-state index contributed by atoms with van der Waals surface area (Å²) in [5.74, 6) is 0.972. The number of halogens is 1. The number of nitrogens with zero attached hydrogens (tertiary/aromatic N) is 5. The average Bonchev–Trinajstić information content (AvgIpc) is 2.76. The molecule has 21 heavy (non-hydrogen) atoms. The molecule has 110 valence electrons. The van der Waals surface area contributed by atoms with E-state index in [0.717, 1.165) is 11.4 Å². The molecule has 0 bridgehead atoms. The van der Waals surface area contributed by atoms with Gasteiger partial charge >= 0.3 is 0 Å². The molecule has 0 saturated heterocycles. The fraction of sp³-hybridized carbons (Fsp3) is 0.385. The summed E-state index contributed by atoms with van der Waals surface area (Å²) >= 11 is 3.33. The largest absolute Gasteiger partial charge is 0.477 e. The van der Waals surface area contributed by atoms with Crippen LogP contribution in [0.4, 0.5) is 5.82 Å². The molecular formula is C13H14BrN5O2. The molecule has 8 heteroatoms. The van der Waals surface area contributed by atoms with Crippen molar-refractivity contribution in [3.05, 3.63) is 28.1 Å². The van der Waals surface area contributed by atoms with Crippen molar-refractivity contribution < 1.29 is 9.53 Å². The molecule has 0 radical (unpaired) electrons. The van der Waals surface area contributed by atoms with Gasteiger partial charge in [0.2, 0.25) is 0 Å². The number of carbonyl (C=O) groups is 1. The lowest BCUT2D eigenvalue weighted by atomic mass is 10.2. The molecule has 2 aromatic rings. The maximum atomic E-state index is 12.4. The topological polar surface area (TPSA) is 73.1 Å². The third-order valence-electron chi connectivity index (χ3n) is 3.42. The molecule has 7 nitrogen and oxygen atoms in total. The Morgan fingerprint density at radius 3 is 2.86 bits per heavy atom. The van der Waals surface area contributed by atoms with E-state index in [9.17, 15) is 4.79 Å². The Morgan fingerprint density at radius 2 is 2.19 bits per heavy atom. The minimum absolute atomic E-state index is 0.131. The van der Waals surface area contributed by atoms with Gasteiger partial charge in [0, 0.05) is 7.05 Å². The molecule has 0 saturated carbocycles. The van der Waals surface area contributed by atoms with Gasteiger partial charge in [0.05, 0.1) is 17.9 Å². The number of aryl methyl sites for hydroxylation is 2. The van der Waals surface area contributed by atoms with Gasteiger partial charge in [-0.15, -0.1) is 5.10 Å². The molecule has 3 heterocycles. The number of hydrogen-bond acceptors (Lipinski definition) is 5. The van der Waals surface area contributed by atoms with E-state index in [2.05, 4.69) is 31.2 Å². The van der Waals surface area contributed by atoms with E-state index in [4.69, 9.17) is 4.74 Å². The van der Waals surface area contributed by atoms with E-state index >= 15 is 0 Å². The van der Waals surface area contributed by atoms with Crippen LogP contribution in [0.5, 0.6) is 5.75 Å². The number of hydrogen-bond donors (Lipinski definition) is 0. The van der Waals surface area contributed by atoms with Crippen LogP contribution in [0.25, 0.3) is 0 Å². The Kier molecular flexibility index (Phi) is 3.40. The lowest BCUT2D eigenvalue weighted by Crippen LogP contribution is -2.44. The van der Waals surface area contributed by atoms with Crippen LogP contribution in [0, 0.1) is 6.92 Å². The highest BCUT2D eigenvalue weighted by molar-refractivity contribution is 9.10. The van der Waals surface area contributed by atoms with Crippen molar-refractivity contribution in [1.82, 2.24) is 20.0 Å². The summed E-state index contributed by atoms with van der Waals surface area (Å²) in [6.45, 7) is 3.96. The minimum Gasteiger partial charge on any atom is -0.477 e. The maximum Gasteiger partial charge on any atom is 0.269 e. The molecule has 0 fully saturated rings. The molecule has 3 rings (SSSR count). The molecular weight excluding hydrogens is 338 g/mol. The summed E-state index contributed by atoms with van der Waals surface area (Å²) in [6.07, 6.45) is -0.540. The van der Waals surface area contributed by atoms with Crippen LogP contribution in [0.1, 0.15) is 18.3 Å². The van der Waals surface area contributed by atoms with Crippen molar-refractivity contribution in [2.75, 3.05) is 4.90 Å². The van der Waals surface area contributed by atoms with Crippen molar-refractivity contribution >= 4 is 27.7 Å². The van der Waals surface area contributed by atoms with Gasteiger partial charge in [-0.05, 0) is 41.9 Å². The van der Waals surface area contributed by atoms with Gasteiger partial charge in [0.25, 0.3) is 5.91 Å². The Hall–Kier alpha value is -1.96. The fourth-order valence-corrected chi connectivity index (χ4v) is 2.56. The van der Waals surface area contributed by atoms with E-state index in [1.807, 2.05) is 6.92 Å². The molecule has 1 aliphatic rings. The first kappa shape index (κ1) is 14.0. The average molecular weight is 352 g/mol. The normalized spacial score (nSPS) is 17.6. The molecule has 0 aromatic carbocycles. The molecule has 0 N–H and O–H groups in total. The summed E-state index contributed by atoms with van der Waals surface area (Å²) in [7, 11) is 1.80. The lowest BCUT2D eigenvalue weighted by Gasteiger charge is -2.31. The van der Waals surface area contributed by atoms with Crippen LogP contribution in [-0.4, -0.2) is 32.0 Å². The molecule has 1 aliphatic heterocycles. The summed E-state index contributed by atoms with van der Waals surface area (Å²) < 4.78 is 7.91. The van der Waals surface area contributed by atoms with Gasteiger partial charge < -0.3 is 4.74 Å². The Bertz CT molecular complexity index is 695. The van der Waals surface area contributed by atoms with E-state index in [1.54, 1.807) is 35.7 Å². The Labute approximate surface area is 130 Å². The van der Waals surface area contributed by atoms with Crippen LogP contribution in [0.15, 0.2) is 16.7 Å². The first-order valence-electron chi connectivity index (χ1n) is 6.47. The number of amides is 1. The molecule has 0 spiro atoms. The fourth-order valence-electron chi connectivity index (χ4n) is 2.26. The van der Waals surface area contributed by atoms with Crippen molar-refractivity contribution in [1.29, 1.82) is 0 Å². The molecule has 0 aliphatic carbocycles. The predicted molar refractivity (Wildman–Crippen MR) is 79.0 cm³/mol. The predicted octanol–water partition coefficient (Wildman–Crippen LogP) is 1.60. The van der Waals surface area contributed by atoms with Gasteiger partial charge in [0.1, 0.15) is 4.60 Å². The third kappa shape index (κ3) is 2.39. The monoisotopic (exact) mass is 351 g/mol. The van der Waals surface area contributed by atoms with Gasteiger partial charge in [-0.2, -0.15) is 0 Å². The van der Waals surface area contributed by atoms with E-state index in [0.29, 0.717) is 22.7 Å². The summed E-state index contributed by atoms with van der Waals surface area (Å²) in [5.41, 5.74) is 1.66. The van der Waals surface area contributed by atoms with E-state index in [1.165, 1.54) is 0 Å². The number of ether oxygens (including phenoxy) is 1. The first-order chi connectivity index (χ1) is 9.97. The van der Waals surface area contributed by atoms with Gasteiger partial charge in [0.15, 0.2) is 17.7 Å². The third-order valence-corrected chi connectivity index (χ3v) is 3.87. The van der Waals surface area contributed by atoms with Crippen LogP contribution >= 0.6 is 15.9 Å². The van der Waals surface area contributed by atoms with Crippen molar-refractivity contribution in [2.45, 2.75) is 26.5 Å². The van der Waals surface area contributed by atoms with Gasteiger partial charge in [-0.25, -0.2) is 4.98 Å². The summed E-state index contributed by atoms with van der Waals surface area (Å²) in [4.78, 5) is 18.4. The van der Waals surface area contributed by atoms with Gasteiger partial charge in [-0.3, -0.25) is 14.4 Å². The minimum atomic E-state index is -0.540. The van der Waals surface area contributed by atoms with Crippen molar-refractivity contribution in [2.24, 2.45) is 7.05 Å². The number of fused-ring (bicyclic) bond motifs is 1. The smallest absolute Gasteiger partial charge is 0.269 e. The van der Waals surface area contributed by atoms with Crippen LogP contribution in [0.3, 0.4) is 0 Å². The molecule has 1 atom stereocenters. The zero-order valence-electron chi connectivity index (χ0n) is 11.9. The number of aromatic nitrogens is 4. The Morgan fingerprint density at radius 1 is 1.43 bits per heavy atom. The van der Waals surface area contributed by atoms with Gasteiger partial charge in [-0.1, -0.05) is 5.21 Å².